The normalized spacial score (nSPS) is 18.2. The molecule has 25 heavy (non-hydrogen) atoms. The number of anilines is 1. The van der Waals surface area contributed by atoms with E-state index in [0.29, 0.717) is 11.0 Å². The molecule has 6 heteroatoms. The van der Waals surface area contributed by atoms with Crippen LogP contribution < -0.4 is 20.9 Å². The van der Waals surface area contributed by atoms with Gasteiger partial charge in [0, 0.05) is 17.7 Å². The highest BCUT2D eigenvalue weighted by molar-refractivity contribution is 7.80. The molecule has 0 heterocycles. The van der Waals surface area contributed by atoms with Gasteiger partial charge in [-0.2, -0.15) is 0 Å². The van der Waals surface area contributed by atoms with Gasteiger partial charge >= 0.3 is 0 Å². The minimum Gasteiger partial charge on any atom is -0.497 e. The maximum absolute atomic E-state index is 12.2. The van der Waals surface area contributed by atoms with E-state index in [1.54, 1.807) is 7.11 Å². The fraction of sp³-hybridized carbons (Fsp3) is 0.263. The first-order valence-electron chi connectivity index (χ1n) is 8.14. The summed E-state index contributed by atoms with van der Waals surface area (Å²) in [5.74, 6) is 0.980. The van der Waals surface area contributed by atoms with Crippen LogP contribution in [0.5, 0.6) is 5.75 Å². The van der Waals surface area contributed by atoms with Crippen molar-refractivity contribution in [2.24, 2.45) is 5.92 Å². The largest absolute Gasteiger partial charge is 0.497 e. The van der Waals surface area contributed by atoms with E-state index < -0.39 is 0 Å². The molecule has 0 radical (unpaired) electrons. The quantitative estimate of drug-likeness (QED) is 0.581. The van der Waals surface area contributed by atoms with E-state index in [-0.39, 0.29) is 11.8 Å². The first kappa shape index (κ1) is 17.2. The van der Waals surface area contributed by atoms with Gasteiger partial charge in [-0.05, 0) is 49.2 Å². The number of hydrazine groups is 1. The van der Waals surface area contributed by atoms with E-state index in [9.17, 15) is 4.79 Å². The zero-order valence-corrected chi connectivity index (χ0v) is 15.0. The van der Waals surface area contributed by atoms with Gasteiger partial charge in [0.15, 0.2) is 5.11 Å². The Balaban J connectivity index is 1.46. The lowest BCUT2D eigenvalue weighted by molar-refractivity contribution is -0.122. The molecule has 1 fully saturated rings. The average molecular weight is 355 g/mol. The van der Waals surface area contributed by atoms with Gasteiger partial charge in [0.1, 0.15) is 5.75 Å². The van der Waals surface area contributed by atoms with Crippen LogP contribution in [0.25, 0.3) is 0 Å². The Morgan fingerprint density at radius 1 is 1.16 bits per heavy atom. The third-order valence-corrected chi connectivity index (χ3v) is 4.46. The molecule has 0 aromatic heterocycles. The number of aryl methyl sites for hydroxylation is 1. The zero-order valence-electron chi connectivity index (χ0n) is 14.2. The van der Waals surface area contributed by atoms with Gasteiger partial charge in [-0.3, -0.25) is 15.6 Å². The molecule has 2 aromatic carbocycles. The average Bonchev–Trinajstić information content (AvgIpc) is 3.41. The zero-order chi connectivity index (χ0) is 17.8. The van der Waals surface area contributed by atoms with Gasteiger partial charge in [0.25, 0.3) is 0 Å². The maximum atomic E-state index is 12.2. The van der Waals surface area contributed by atoms with Gasteiger partial charge < -0.3 is 10.1 Å². The van der Waals surface area contributed by atoms with Crippen LogP contribution in [0, 0.1) is 12.8 Å². The Labute approximate surface area is 152 Å². The fourth-order valence-electron chi connectivity index (χ4n) is 2.74. The number of carbonyl (C=O) groups is 1. The summed E-state index contributed by atoms with van der Waals surface area (Å²) in [6, 6.07) is 15.7. The van der Waals surface area contributed by atoms with Crippen molar-refractivity contribution in [3.63, 3.8) is 0 Å². The molecule has 1 amide bonds. The molecule has 1 saturated carbocycles. The number of nitrogens with one attached hydrogen (secondary N) is 3. The van der Waals surface area contributed by atoms with Crippen molar-refractivity contribution in [1.82, 2.24) is 10.9 Å². The topological polar surface area (TPSA) is 62.4 Å². The molecule has 3 N–H and O–H groups in total. The number of methoxy groups -OCH3 is 1. The van der Waals surface area contributed by atoms with E-state index in [0.717, 1.165) is 17.9 Å². The van der Waals surface area contributed by atoms with Gasteiger partial charge in [-0.15, -0.1) is 0 Å². The SMILES string of the molecule is COc1cccc(NC(=S)NNC(=O)[C@H]2C[C@H]2c2ccc(C)cc2)c1. The number of hydrogen-bond donors (Lipinski definition) is 3. The molecule has 0 aliphatic heterocycles. The maximum Gasteiger partial charge on any atom is 0.242 e. The number of thiocarbonyl (C=S) groups is 1. The molecule has 2 aromatic rings. The molecule has 5 nitrogen and oxygen atoms in total. The van der Waals surface area contributed by atoms with Crippen LogP contribution in [-0.4, -0.2) is 18.1 Å². The predicted molar refractivity (Wildman–Crippen MR) is 103 cm³/mol. The monoisotopic (exact) mass is 355 g/mol. The van der Waals surface area contributed by atoms with Crippen molar-refractivity contribution in [2.45, 2.75) is 19.3 Å². The van der Waals surface area contributed by atoms with Crippen LogP contribution in [0.1, 0.15) is 23.5 Å². The molecule has 1 aliphatic rings. The standard InChI is InChI=1S/C19H21N3O2S/c1-12-6-8-13(9-7-12)16-11-17(16)18(23)21-22-19(25)20-14-4-3-5-15(10-14)24-2/h3-10,16-17H,11H2,1-2H3,(H,21,23)(H2,20,22,25)/t16-,17-/m0/s1. The van der Waals surface area contributed by atoms with Crippen LogP contribution >= 0.6 is 12.2 Å². The second-order valence-corrected chi connectivity index (χ2v) is 6.57. The van der Waals surface area contributed by atoms with Crippen molar-refractivity contribution in [2.75, 3.05) is 12.4 Å². The number of amides is 1. The third-order valence-electron chi connectivity index (χ3n) is 4.26. The number of ether oxygens (including phenoxy) is 1. The lowest BCUT2D eigenvalue weighted by atomic mass is 10.1. The summed E-state index contributed by atoms with van der Waals surface area (Å²) in [7, 11) is 1.61. The summed E-state index contributed by atoms with van der Waals surface area (Å²) in [4.78, 5) is 12.2. The smallest absolute Gasteiger partial charge is 0.242 e. The van der Waals surface area contributed by atoms with Crippen molar-refractivity contribution in [3.8, 4) is 5.75 Å². The van der Waals surface area contributed by atoms with Gasteiger partial charge in [-0.25, -0.2) is 0 Å². The minimum absolute atomic E-state index is 0.00479. The van der Waals surface area contributed by atoms with Crippen LogP contribution in [0.2, 0.25) is 0 Å². The third kappa shape index (κ3) is 4.48. The van der Waals surface area contributed by atoms with Gasteiger partial charge in [0.05, 0.1) is 7.11 Å². The second kappa shape index (κ2) is 7.53. The van der Waals surface area contributed by atoms with Crippen LogP contribution in [-0.2, 0) is 4.79 Å². The summed E-state index contributed by atoms with van der Waals surface area (Å²) in [6.45, 7) is 2.06. The van der Waals surface area contributed by atoms with Crippen LogP contribution in [0.3, 0.4) is 0 Å². The highest BCUT2D eigenvalue weighted by Gasteiger charge is 2.43. The Bertz CT molecular complexity index is 776. The second-order valence-electron chi connectivity index (χ2n) is 6.16. The van der Waals surface area contributed by atoms with E-state index in [1.807, 2.05) is 24.3 Å². The highest BCUT2D eigenvalue weighted by Crippen LogP contribution is 2.47. The number of benzene rings is 2. The number of hydrogen-bond acceptors (Lipinski definition) is 3. The van der Waals surface area contributed by atoms with Crippen molar-refractivity contribution in [1.29, 1.82) is 0 Å². The molecular weight excluding hydrogens is 334 g/mol. The van der Waals surface area contributed by atoms with E-state index in [1.165, 1.54) is 11.1 Å². The molecule has 0 spiro atoms. The van der Waals surface area contributed by atoms with E-state index >= 15 is 0 Å². The number of carbonyl (C=O) groups excluding carboxylic acids is 1. The van der Waals surface area contributed by atoms with Gasteiger partial charge in [0.2, 0.25) is 5.91 Å². The molecule has 130 valence electrons. The van der Waals surface area contributed by atoms with Crippen LogP contribution in [0.4, 0.5) is 5.69 Å². The summed E-state index contributed by atoms with van der Waals surface area (Å²) < 4.78 is 5.16. The lowest BCUT2D eigenvalue weighted by Gasteiger charge is -2.12. The Kier molecular flexibility index (Phi) is 5.19. The van der Waals surface area contributed by atoms with Gasteiger partial charge in [-0.1, -0.05) is 35.9 Å². The fourth-order valence-corrected chi connectivity index (χ4v) is 2.91. The Morgan fingerprint density at radius 2 is 1.92 bits per heavy atom. The first-order chi connectivity index (χ1) is 12.1. The molecule has 2 atom stereocenters. The van der Waals surface area contributed by atoms with E-state index in [4.69, 9.17) is 17.0 Å². The van der Waals surface area contributed by atoms with Crippen molar-refractivity contribution < 1.29 is 9.53 Å². The summed E-state index contributed by atoms with van der Waals surface area (Å²) in [5.41, 5.74) is 8.65. The van der Waals surface area contributed by atoms with Crippen LogP contribution in [0.15, 0.2) is 48.5 Å². The molecule has 3 rings (SSSR count). The molecule has 1 aliphatic carbocycles. The van der Waals surface area contributed by atoms with E-state index in [2.05, 4.69) is 47.4 Å². The van der Waals surface area contributed by atoms with Crippen molar-refractivity contribution in [3.05, 3.63) is 59.7 Å². The molecule has 0 bridgehead atoms. The summed E-state index contributed by atoms with van der Waals surface area (Å²) in [5, 5.41) is 3.33. The Hall–Kier alpha value is -2.60. The summed E-state index contributed by atoms with van der Waals surface area (Å²) >= 11 is 5.20. The predicted octanol–water partition coefficient (Wildman–Crippen LogP) is 3.12. The van der Waals surface area contributed by atoms with Crippen molar-refractivity contribution >= 4 is 28.9 Å². The molecular formula is C19H21N3O2S. The Morgan fingerprint density at radius 3 is 2.64 bits per heavy atom. The minimum atomic E-state index is -0.0413. The summed E-state index contributed by atoms with van der Waals surface area (Å²) in [6.07, 6.45) is 0.868. The lowest BCUT2D eigenvalue weighted by Crippen LogP contribution is -2.44. The molecule has 0 saturated heterocycles. The highest BCUT2D eigenvalue weighted by atomic mass is 32.1. The number of rotatable bonds is 4. The first-order valence-corrected chi connectivity index (χ1v) is 8.55. The molecule has 0 unspecified atom stereocenters.